The Morgan fingerprint density at radius 2 is 2.50 bits per heavy atom. The van der Waals surface area contributed by atoms with Gasteiger partial charge in [0, 0.05) is 23.2 Å². The predicted octanol–water partition coefficient (Wildman–Crippen LogP) is 2.50. The second-order valence-corrected chi connectivity index (χ2v) is 5.57. The Kier molecular flexibility index (Phi) is 2.91. The number of carboxylic acids is 1. The molecule has 2 aromatic heterocycles. The van der Waals surface area contributed by atoms with E-state index in [4.69, 9.17) is 0 Å². The number of aliphatic carboxylic acids is 1. The molecule has 1 aliphatic rings. The minimum atomic E-state index is -0.749. The molecule has 5 heteroatoms. The van der Waals surface area contributed by atoms with E-state index in [1.54, 1.807) is 11.3 Å². The van der Waals surface area contributed by atoms with Crippen LogP contribution in [0.3, 0.4) is 0 Å². The second kappa shape index (κ2) is 4.57. The number of carboxylic acid groups (broad SMARTS) is 1. The third kappa shape index (κ3) is 1.95. The van der Waals surface area contributed by atoms with Crippen LogP contribution in [0.1, 0.15) is 35.3 Å². The van der Waals surface area contributed by atoms with Crippen molar-refractivity contribution in [1.29, 1.82) is 0 Å². The van der Waals surface area contributed by atoms with Crippen LogP contribution in [0, 0.1) is 0 Å². The maximum absolute atomic E-state index is 11.3. The average molecular weight is 262 g/mol. The summed E-state index contributed by atoms with van der Waals surface area (Å²) in [5, 5.41) is 11.3. The Balaban J connectivity index is 1.97. The van der Waals surface area contributed by atoms with Crippen molar-refractivity contribution in [3.8, 4) is 0 Å². The smallest absolute Gasteiger partial charge is 0.326 e. The summed E-state index contributed by atoms with van der Waals surface area (Å²) in [5.74, 6) is 0.126. The number of hydrogen-bond donors (Lipinski definition) is 1. The molecule has 0 aliphatic carbocycles. The van der Waals surface area contributed by atoms with Gasteiger partial charge in [0.15, 0.2) is 0 Å². The summed E-state index contributed by atoms with van der Waals surface area (Å²) in [6, 6.07) is 3.63. The quantitative estimate of drug-likeness (QED) is 0.924. The largest absolute Gasteiger partial charge is 0.480 e. The fourth-order valence-corrected chi connectivity index (χ4v) is 3.25. The summed E-state index contributed by atoms with van der Waals surface area (Å²) >= 11 is 1.68. The monoisotopic (exact) mass is 262 g/mol. The van der Waals surface area contributed by atoms with Gasteiger partial charge in [0.1, 0.15) is 11.9 Å². The molecule has 0 amide bonds. The van der Waals surface area contributed by atoms with Crippen molar-refractivity contribution < 1.29 is 9.90 Å². The molecule has 1 atom stereocenters. The molecular weight excluding hydrogens is 248 g/mol. The van der Waals surface area contributed by atoms with Gasteiger partial charge >= 0.3 is 5.97 Å². The van der Waals surface area contributed by atoms with Crippen molar-refractivity contribution >= 4 is 17.3 Å². The molecule has 3 heterocycles. The van der Waals surface area contributed by atoms with E-state index >= 15 is 0 Å². The zero-order valence-electron chi connectivity index (χ0n) is 9.87. The average Bonchev–Trinajstić information content (AvgIpc) is 2.99. The van der Waals surface area contributed by atoms with E-state index < -0.39 is 12.0 Å². The van der Waals surface area contributed by atoms with E-state index in [2.05, 4.69) is 11.1 Å². The molecule has 3 rings (SSSR count). The van der Waals surface area contributed by atoms with Crippen molar-refractivity contribution in [2.24, 2.45) is 0 Å². The summed E-state index contributed by atoms with van der Waals surface area (Å²) in [6.45, 7) is 0. The third-order valence-electron chi connectivity index (χ3n) is 3.37. The van der Waals surface area contributed by atoms with Crippen LogP contribution in [-0.2, 0) is 17.6 Å². The Bertz CT molecular complexity index is 560. The van der Waals surface area contributed by atoms with Gasteiger partial charge in [-0.2, -0.15) is 0 Å². The van der Waals surface area contributed by atoms with Gasteiger partial charge in [-0.3, -0.25) is 0 Å². The highest BCUT2D eigenvalue weighted by molar-refractivity contribution is 7.09. The molecule has 0 saturated carbocycles. The van der Waals surface area contributed by atoms with Crippen LogP contribution in [0.15, 0.2) is 23.7 Å². The van der Waals surface area contributed by atoms with E-state index in [1.165, 1.54) is 4.88 Å². The lowest BCUT2D eigenvalue weighted by molar-refractivity contribution is -0.141. The van der Waals surface area contributed by atoms with Crippen LogP contribution in [0.2, 0.25) is 0 Å². The molecule has 0 bridgehead atoms. The minimum Gasteiger partial charge on any atom is -0.480 e. The SMILES string of the molecule is O=C(O)C1CCCc2cnc(Cc3cccs3)n21. The van der Waals surface area contributed by atoms with Crippen molar-refractivity contribution in [3.05, 3.63) is 40.1 Å². The minimum absolute atomic E-state index is 0.439. The molecule has 1 aliphatic heterocycles. The molecule has 0 fully saturated rings. The molecule has 0 aromatic carbocycles. The van der Waals surface area contributed by atoms with Gasteiger partial charge in [-0.05, 0) is 30.7 Å². The Labute approximate surface area is 109 Å². The molecule has 0 spiro atoms. The summed E-state index contributed by atoms with van der Waals surface area (Å²) in [4.78, 5) is 17.0. The fourth-order valence-electron chi connectivity index (χ4n) is 2.54. The van der Waals surface area contributed by atoms with Gasteiger partial charge in [0.05, 0.1) is 0 Å². The number of aryl methyl sites for hydroxylation is 1. The molecule has 18 heavy (non-hydrogen) atoms. The van der Waals surface area contributed by atoms with Crippen molar-refractivity contribution in [2.45, 2.75) is 31.7 Å². The molecule has 2 aromatic rings. The van der Waals surface area contributed by atoms with Gasteiger partial charge in [-0.15, -0.1) is 11.3 Å². The Hall–Kier alpha value is -1.62. The summed E-state index contributed by atoms with van der Waals surface area (Å²) in [6.07, 6.45) is 5.12. The molecule has 1 N–H and O–H groups in total. The summed E-state index contributed by atoms with van der Waals surface area (Å²) in [5.41, 5.74) is 1.06. The van der Waals surface area contributed by atoms with Crippen LogP contribution < -0.4 is 0 Å². The van der Waals surface area contributed by atoms with Crippen LogP contribution in [0.5, 0.6) is 0 Å². The first kappa shape index (κ1) is 11.5. The first-order chi connectivity index (χ1) is 8.75. The number of fused-ring (bicyclic) bond motifs is 1. The van der Waals surface area contributed by atoms with Gasteiger partial charge in [0.2, 0.25) is 0 Å². The van der Waals surface area contributed by atoms with Crippen molar-refractivity contribution in [3.63, 3.8) is 0 Å². The normalized spacial score (nSPS) is 18.6. The van der Waals surface area contributed by atoms with Crippen molar-refractivity contribution in [2.75, 3.05) is 0 Å². The van der Waals surface area contributed by atoms with E-state index in [0.29, 0.717) is 6.42 Å². The van der Waals surface area contributed by atoms with E-state index in [-0.39, 0.29) is 0 Å². The summed E-state index contributed by atoms with van der Waals surface area (Å²) in [7, 11) is 0. The molecule has 94 valence electrons. The van der Waals surface area contributed by atoms with Crippen LogP contribution >= 0.6 is 11.3 Å². The number of hydrogen-bond acceptors (Lipinski definition) is 3. The Morgan fingerprint density at radius 1 is 1.61 bits per heavy atom. The van der Waals surface area contributed by atoms with Gasteiger partial charge in [-0.1, -0.05) is 6.07 Å². The van der Waals surface area contributed by atoms with E-state index in [1.807, 2.05) is 22.2 Å². The first-order valence-corrected chi connectivity index (χ1v) is 6.94. The van der Waals surface area contributed by atoms with Gasteiger partial charge in [0.25, 0.3) is 0 Å². The maximum Gasteiger partial charge on any atom is 0.326 e. The standard InChI is InChI=1S/C13H14N2O2S/c16-13(17)11-5-1-3-9-8-14-12(15(9)11)7-10-4-2-6-18-10/h2,4,6,8,11H,1,3,5,7H2,(H,16,17). The topological polar surface area (TPSA) is 55.1 Å². The molecule has 1 unspecified atom stereocenters. The van der Waals surface area contributed by atoms with E-state index in [0.717, 1.165) is 30.8 Å². The highest BCUT2D eigenvalue weighted by atomic mass is 32.1. The predicted molar refractivity (Wildman–Crippen MR) is 69.0 cm³/mol. The number of rotatable bonds is 3. The van der Waals surface area contributed by atoms with Crippen LogP contribution in [-0.4, -0.2) is 20.6 Å². The van der Waals surface area contributed by atoms with Crippen LogP contribution in [0.25, 0.3) is 0 Å². The number of carbonyl (C=O) groups is 1. The zero-order chi connectivity index (χ0) is 12.5. The third-order valence-corrected chi connectivity index (χ3v) is 4.25. The lowest BCUT2D eigenvalue weighted by atomic mass is 10.0. The molecule has 4 nitrogen and oxygen atoms in total. The lowest BCUT2D eigenvalue weighted by Gasteiger charge is -2.23. The van der Waals surface area contributed by atoms with Gasteiger partial charge < -0.3 is 9.67 Å². The zero-order valence-corrected chi connectivity index (χ0v) is 10.7. The Morgan fingerprint density at radius 3 is 3.22 bits per heavy atom. The van der Waals surface area contributed by atoms with Gasteiger partial charge in [-0.25, -0.2) is 9.78 Å². The second-order valence-electron chi connectivity index (χ2n) is 4.54. The number of nitrogens with zero attached hydrogens (tertiary/aromatic N) is 2. The number of aromatic nitrogens is 2. The molecule has 0 saturated heterocycles. The molecular formula is C13H14N2O2S. The van der Waals surface area contributed by atoms with E-state index in [9.17, 15) is 9.90 Å². The first-order valence-electron chi connectivity index (χ1n) is 6.06. The van der Waals surface area contributed by atoms with Crippen LogP contribution in [0.4, 0.5) is 0 Å². The number of thiophene rings is 1. The lowest BCUT2D eigenvalue weighted by Crippen LogP contribution is -2.26. The maximum atomic E-state index is 11.3. The highest BCUT2D eigenvalue weighted by Crippen LogP contribution is 2.28. The molecule has 0 radical (unpaired) electrons. The van der Waals surface area contributed by atoms with Crippen molar-refractivity contribution in [1.82, 2.24) is 9.55 Å². The summed E-state index contributed by atoms with van der Waals surface area (Å²) < 4.78 is 1.92. The highest BCUT2D eigenvalue weighted by Gasteiger charge is 2.28. The number of imidazole rings is 1. The fraction of sp³-hybridized carbons (Fsp3) is 0.385.